The maximum absolute atomic E-state index is 11.1. The third kappa shape index (κ3) is 2.74. The van der Waals surface area contributed by atoms with Crippen LogP contribution < -0.4 is 0 Å². The predicted molar refractivity (Wildman–Crippen MR) is 111 cm³/mol. The molecule has 2 heterocycles. The molecule has 0 aliphatic carbocycles. The molecule has 0 aliphatic rings. The summed E-state index contributed by atoms with van der Waals surface area (Å²) in [6.45, 7) is 0. The molecule has 136 valence electrons. The van der Waals surface area contributed by atoms with Crippen LogP contribution in [0.1, 0.15) is 22.9 Å². The highest BCUT2D eigenvalue weighted by atomic mass is 16.6. The van der Waals surface area contributed by atoms with Gasteiger partial charge in [-0.25, -0.2) is 0 Å². The van der Waals surface area contributed by atoms with Crippen molar-refractivity contribution in [1.82, 2.24) is 9.97 Å². The number of aromatic amines is 2. The van der Waals surface area contributed by atoms with Crippen molar-refractivity contribution in [3.63, 3.8) is 0 Å². The molecule has 5 nitrogen and oxygen atoms in total. The van der Waals surface area contributed by atoms with Gasteiger partial charge in [0, 0.05) is 34.6 Å². The molecule has 0 saturated heterocycles. The van der Waals surface area contributed by atoms with Crippen molar-refractivity contribution in [2.24, 2.45) is 0 Å². The third-order valence-corrected chi connectivity index (χ3v) is 5.16. The first kappa shape index (κ1) is 16.3. The van der Waals surface area contributed by atoms with Gasteiger partial charge >= 0.3 is 0 Å². The molecule has 0 saturated carbocycles. The number of aromatic nitrogens is 2. The summed E-state index contributed by atoms with van der Waals surface area (Å²) < 4.78 is 0. The largest absolute Gasteiger partial charge is 0.358 e. The molecule has 0 aliphatic heterocycles. The Labute approximate surface area is 160 Å². The zero-order chi connectivity index (χ0) is 19.1. The van der Waals surface area contributed by atoms with Crippen LogP contribution in [-0.4, -0.2) is 14.9 Å². The van der Waals surface area contributed by atoms with Crippen LogP contribution in [0.15, 0.2) is 84.9 Å². The van der Waals surface area contributed by atoms with E-state index >= 15 is 0 Å². The number of non-ortho nitro benzene ring substituents is 1. The summed E-state index contributed by atoms with van der Waals surface area (Å²) in [6, 6.07) is 27.4. The highest BCUT2D eigenvalue weighted by molar-refractivity contribution is 5.82. The number of rotatable bonds is 4. The third-order valence-electron chi connectivity index (χ3n) is 5.16. The maximum Gasteiger partial charge on any atom is 0.269 e. The Bertz CT molecular complexity index is 1160. The van der Waals surface area contributed by atoms with Crippen molar-refractivity contribution < 1.29 is 4.92 Å². The van der Waals surface area contributed by atoms with E-state index in [9.17, 15) is 10.1 Å². The number of nitrogens with one attached hydrogen (secondary N) is 2. The Morgan fingerprint density at radius 3 is 1.68 bits per heavy atom. The van der Waals surface area contributed by atoms with Gasteiger partial charge in [-0.3, -0.25) is 10.1 Å². The van der Waals surface area contributed by atoms with Gasteiger partial charge in [0.05, 0.1) is 10.8 Å². The number of H-pyrrole nitrogens is 2. The second-order valence-electron chi connectivity index (χ2n) is 6.91. The van der Waals surface area contributed by atoms with Gasteiger partial charge in [0.2, 0.25) is 0 Å². The first-order valence-corrected chi connectivity index (χ1v) is 9.09. The van der Waals surface area contributed by atoms with Gasteiger partial charge < -0.3 is 9.97 Å². The average Bonchev–Trinajstić information content (AvgIpc) is 3.32. The summed E-state index contributed by atoms with van der Waals surface area (Å²) in [5.41, 5.74) is 5.31. The Morgan fingerprint density at radius 1 is 0.714 bits per heavy atom. The number of nitro groups is 1. The van der Waals surface area contributed by atoms with E-state index in [1.807, 2.05) is 36.4 Å². The molecule has 0 radical (unpaired) electrons. The lowest BCUT2D eigenvalue weighted by Gasteiger charge is -2.15. The lowest BCUT2D eigenvalue weighted by atomic mass is 9.92. The number of para-hydroxylation sites is 2. The van der Waals surface area contributed by atoms with E-state index in [1.54, 1.807) is 12.1 Å². The van der Waals surface area contributed by atoms with E-state index in [-0.39, 0.29) is 16.5 Å². The SMILES string of the molecule is O=[N+]([O-])c1ccc(C(c2cc3ccccc3[nH]2)c2cc3ccccc3[nH]2)cc1. The topological polar surface area (TPSA) is 74.7 Å². The summed E-state index contributed by atoms with van der Waals surface area (Å²) in [4.78, 5) is 17.7. The van der Waals surface area contributed by atoms with Crippen molar-refractivity contribution in [1.29, 1.82) is 0 Å². The van der Waals surface area contributed by atoms with Gasteiger partial charge in [-0.2, -0.15) is 0 Å². The van der Waals surface area contributed by atoms with Gasteiger partial charge in [-0.05, 0) is 40.6 Å². The van der Waals surface area contributed by atoms with Crippen LogP contribution in [0.4, 0.5) is 5.69 Å². The van der Waals surface area contributed by atoms with E-state index in [0.29, 0.717) is 0 Å². The van der Waals surface area contributed by atoms with Crippen molar-refractivity contribution in [3.8, 4) is 0 Å². The lowest BCUT2D eigenvalue weighted by Crippen LogP contribution is -2.04. The van der Waals surface area contributed by atoms with Gasteiger partial charge in [0.1, 0.15) is 0 Å². The standard InChI is InChI=1S/C23H17N3O2/c27-26(28)18-11-9-15(10-12-18)23(21-13-16-5-1-3-7-19(16)24-21)22-14-17-6-2-4-8-20(17)25-22/h1-14,23-25H. The first-order chi connectivity index (χ1) is 13.7. The van der Waals surface area contributed by atoms with Crippen molar-refractivity contribution in [2.45, 2.75) is 5.92 Å². The van der Waals surface area contributed by atoms with Crippen LogP contribution in [0, 0.1) is 10.1 Å². The van der Waals surface area contributed by atoms with Gasteiger partial charge in [-0.1, -0.05) is 48.5 Å². The lowest BCUT2D eigenvalue weighted by molar-refractivity contribution is -0.384. The minimum atomic E-state index is -0.370. The Kier molecular flexibility index (Phi) is 3.72. The fourth-order valence-electron chi connectivity index (χ4n) is 3.82. The first-order valence-electron chi connectivity index (χ1n) is 9.09. The second kappa shape index (κ2) is 6.39. The van der Waals surface area contributed by atoms with Gasteiger partial charge in [0.15, 0.2) is 0 Å². The number of benzene rings is 3. The molecule has 0 atom stereocenters. The number of fused-ring (bicyclic) bond motifs is 2. The van der Waals surface area contributed by atoms with Crippen LogP contribution in [0.2, 0.25) is 0 Å². The Morgan fingerprint density at radius 2 is 1.21 bits per heavy atom. The van der Waals surface area contributed by atoms with Gasteiger partial charge in [-0.15, -0.1) is 0 Å². The zero-order valence-corrected chi connectivity index (χ0v) is 14.9. The Balaban J connectivity index is 1.69. The van der Waals surface area contributed by atoms with Crippen LogP contribution >= 0.6 is 0 Å². The summed E-state index contributed by atoms with van der Waals surface area (Å²) in [5, 5.41) is 13.3. The maximum atomic E-state index is 11.1. The molecule has 2 aromatic heterocycles. The molecular weight excluding hydrogens is 350 g/mol. The molecule has 0 amide bonds. The van der Waals surface area contributed by atoms with E-state index in [0.717, 1.165) is 38.8 Å². The van der Waals surface area contributed by atoms with Gasteiger partial charge in [0.25, 0.3) is 5.69 Å². The summed E-state index contributed by atoms with van der Waals surface area (Å²) in [5.74, 6) is -0.0828. The van der Waals surface area contributed by atoms with Crippen molar-refractivity contribution in [3.05, 3.63) is 112 Å². The van der Waals surface area contributed by atoms with E-state index in [2.05, 4.69) is 46.4 Å². The van der Waals surface area contributed by atoms with Crippen LogP contribution in [0.5, 0.6) is 0 Å². The van der Waals surface area contributed by atoms with Crippen LogP contribution in [-0.2, 0) is 0 Å². The normalized spacial score (nSPS) is 11.5. The summed E-state index contributed by atoms with van der Waals surface area (Å²) in [7, 11) is 0. The summed E-state index contributed by atoms with van der Waals surface area (Å²) in [6.07, 6.45) is 0. The predicted octanol–water partition coefficient (Wildman–Crippen LogP) is 5.74. The second-order valence-corrected chi connectivity index (χ2v) is 6.91. The zero-order valence-electron chi connectivity index (χ0n) is 14.9. The molecule has 0 unspecified atom stereocenters. The average molecular weight is 367 g/mol. The smallest absolute Gasteiger partial charge is 0.269 e. The van der Waals surface area contributed by atoms with Crippen LogP contribution in [0.25, 0.3) is 21.8 Å². The highest BCUT2D eigenvalue weighted by Crippen LogP contribution is 2.35. The van der Waals surface area contributed by atoms with E-state index in [1.165, 1.54) is 0 Å². The molecule has 5 aromatic rings. The highest BCUT2D eigenvalue weighted by Gasteiger charge is 2.21. The molecule has 5 heteroatoms. The molecule has 0 bridgehead atoms. The quantitative estimate of drug-likeness (QED) is 0.314. The van der Waals surface area contributed by atoms with E-state index < -0.39 is 0 Å². The summed E-state index contributed by atoms with van der Waals surface area (Å²) >= 11 is 0. The minimum Gasteiger partial charge on any atom is -0.358 e. The Hall–Kier alpha value is -3.86. The molecule has 5 rings (SSSR count). The minimum absolute atomic E-state index is 0.0828. The molecule has 3 aromatic carbocycles. The van der Waals surface area contributed by atoms with Crippen LogP contribution in [0.3, 0.4) is 0 Å². The number of hydrogen-bond acceptors (Lipinski definition) is 2. The molecule has 0 fully saturated rings. The fraction of sp³-hybridized carbons (Fsp3) is 0.0435. The number of nitro benzene ring substituents is 1. The van der Waals surface area contributed by atoms with Crippen molar-refractivity contribution >= 4 is 27.5 Å². The fourth-order valence-corrected chi connectivity index (χ4v) is 3.82. The monoisotopic (exact) mass is 367 g/mol. The number of hydrogen-bond donors (Lipinski definition) is 2. The molecular formula is C23H17N3O2. The van der Waals surface area contributed by atoms with E-state index in [4.69, 9.17) is 0 Å². The van der Waals surface area contributed by atoms with Crippen molar-refractivity contribution in [2.75, 3.05) is 0 Å². The number of nitrogens with zero attached hydrogens (tertiary/aromatic N) is 1. The molecule has 0 spiro atoms. The molecule has 28 heavy (non-hydrogen) atoms. The molecule has 2 N–H and O–H groups in total.